The van der Waals surface area contributed by atoms with Crippen LogP contribution < -0.4 is 5.32 Å². The maximum Gasteiger partial charge on any atom is 0.411 e. The van der Waals surface area contributed by atoms with Gasteiger partial charge in [-0.1, -0.05) is 6.07 Å². The van der Waals surface area contributed by atoms with Crippen LogP contribution in [0.5, 0.6) is 0 Å². The van der Waals surface area contributed by atoms with Crippen molar-refractivity contribution in [3.8, 4) is 0 Å². The van der Waals surface area contributed by atoms with Crippen molar-refractivity contribution in [1.29, 1.82) is 0 Å². The van der Waals surface area contributed by atoms with Crippen molar-refractivity contribution in [2.45, 2.75) is 11.8 Å². The Balaban J connectivity index is 2.58. The second-order valence-electron chi connectivity index (χ2n) is 2.40. The van der Waals surface area contributed by atoms with Crippen LogP contribution in [0.2, 0.25) is 0 Å². The molecular weight excluding hydrogens is 186 g/mol. The van der Waals surface area contributed by atoms with E-state index in [-0.39, 0.29) is 0 Å². The van der Waals surface area contributed by atoms with Crippen molar-refractivity contribution < 1.29 is 9.53 Å². The van der Waals surface area contributed by atoms with Gasteiger partial charge in [0.15, 0.2) is 0 Å². The molecule has 0 spiro atoms. The standard InChI is InChI=1S/C9H11NO2S/c1-2-12-9(11)10-7-4-3-5-8(13)6-7/h3-6,13H,2H2,1H3,(H,10,11). The van der Waals surface area contributed by atoms with Gasteiger partial charge in [-0.15, -0.1) is 12.6 Å². The average molecular weight is 197 g/mol. The number of nitrogens with one attached hydrogen (secondary N) is 1. The molecule has 0 aliphatic carbocycles. The van der Waals surface area contributed by atoms with Crippen molar-refractivity contribution in [2.24, 2.45) is 0 Å². The first-order valence-electron chi connectivity index (χ1n) is 3.95. The predicted molar refractivity (Wildman–Crippen MR) is 54.3 cm³/mol. The Kier molecular flexibility index (Phi) is 3.64. The van der Waals surface area contributed by atoms with E-state index < -0.39 is 6.09 Å². The van der Waals surface area contributed by atoms with Crippen LogP contribution >= 0.6 is 12.6 Å². The third-order valence-electron chi connectivity index (χ3n) is 1.37. The highest BCUT2D eigenvalue weighted by atomic mass is 32.1. The second-order valence-corrected chi connectivity index (χ2v) is 2.91. The smallest absolute Gasteiger partial charge is 0.411 e. The molecule has 0 atom stereocenters. The van der Waals surface area contributed by atoms with Crippen LogP contribution in [0, 0.1) is 0 Å². The quantitative estimate of drug-likeness (QED) is 0.715. The van der Waals surface area contributed by atoms with Gasteiger partial charge in [-0.2, -0.15) is 0 Å². The van der Waals surface area contributed by atoms with Crippen LogP contribution in [0.4, 0.5) is 10.5 Å². The highest BCUT2D eigenvalue weighted by molar-refractivity contribution is 7.80. The van der Waals surface area contributed by atoms with Crippen molar-refractivity contribution in [3.05, 3.63) is 24.3 Å². The third-order valence-corrected chi connectivity index (χ3v) is 1.65. The lowest BCUT2D eigenvalue weighted by molar-refractivity contribution is 0.168. The average Bonchev–Trinajstić information content (AvgIpc) is 2.04. The number of rotatable bonds is 2. The molecular formula is C9H11NO2S. The van der Waals surface area contributed by atoms with Gasteiger partial charge in [0.1, 0.15) is 0 Å². The summed E-state index contributed by atoms with van der Waals surface area (Å²) in [5.74, 6) is 0. The first kappa shape index (κ1) is 9.92. The maximum absolute atomic E-state index is 11.0. The summed E-state index contributed by atoms with van der Waals surface area (Å²) in [5.41, 5.74) is 0.686. The second kappa shape index (κ2) is 4.77. The monoisotopic (exact) mass is 197 g/mol. The number of carbonyl (C=O) groups excluding carboxylic acids is 1. The first-order chi connectivity index (χ1) is 6.22. The first-order valence-corrected chi connectivity index (χ1v) is 4.40. The Bertz CT molecular complexity index is 301. The summed E-state index contributed by atoms with van der Waals surface area (Å²) in [4.78, 5) is 11.8. The molecule has 0 saturated heterocycles. The van der Waals surface area contributed by atoms with E-state index in [0.717, 1.165) is 4.90 Å². The topological polar surface area (TPSA) is 38.3 Å². The lowest BCUT2D eigenvalue weighted by Crippen LogP contribution is -2.13. The summed E-state index contributed by atoms with van der Waals surface area (Å²) in [6.45, 7) is 2.13. The zero-order valence-corrected chi connectivity index (χ0v) is 8.17. The van der Waals surface area contributed by atoms with Crippen LogP contribution in [0.3, 0.4) is 0 Å². The minimum absolute atomic E-state index is 0.367. The summed E-state index contributed by atoms with van der Waals surface area (Å²) in [5, 5.41) is 2.57. The zero-order valence-electron chi connectivity index (χ0n) is 7.28. The van der Waals surface area contributed by atoms with E-state index in [1.165, 1.54) is 0 Å². The molecule has 1 rings (SSSR count). The fourth-order valence-corrected chi connectivity index (χ4v) is 1.09. The number of carbonyl (C=O) groups is 1. The van der Waals surface area contributed by atoms with Crippen molar-refractivity contribution in [3.63, 3.8) is 0 Å². The summed E-state index contributed by atoms with van der Waals surface area (Å²) in [6, 6.07) is 7.17. The van der Waals surface area contributed by atoms with Gasteiger partial charge in [-0.25, -0.2) is 4.79 Å². The van der Waals surface area contributed by atoms with E-state index in [1.54, 1.807) is 19.1 Å². The van der Waals surface area contributed by atoms with E-state index in [1.807, 2.05) is 12.1 Å². The minimum atomic E-state index is -0.443. The van der Waals surface area contributed by atoms with Gasteiger partial charge in [0, 0.05) is 10.6 Å². The molecule has 1 N–H and O–H groups in total. The molecule has 4 heteroatoms. The third kappa shape index (κ3) is 3.38. The van der Waals surface area contributed by atoms with Crippen LogP contribution in [-0.4, -0.2) is 12.7 Å². The molecule has 1 aromatic rings. The van der Waals surface area contributed by atoms with E-state index in [4.69, 9.17) is 4.74 Å². The van der Waals surface area contributed by atoms with Crippen LogP contribution in [0.15, 0.2) is 29.2 Å². The highest BCUT2D eigenvalue weighted by Crippen LogP contribution is 2.13. The molecule has 0 aliphatic rings. The predicted octanol–water partition coefficient (Wildman–Crippen LogP) is 2.54. The number of benzene rings is 1. The lowest BCUT2D eigenvalue weighted by Gasteiger charge is -2.04. The molecule has 0 bridgehead atoms. The number of anilines is 1. The Morgan fingerprint density at radius 2 is 2.38 bits per heavy atom. The highest BCUT2D eigenvalue weighted by Gasteiger charge is 2.00. The van der Waals surface area contributed by atoms with Crippen molar-refractivity contribution in [1.82, 2.24) is 0 Å². The Morgan fingerprint density at radius 1 is 1.62 bits per heavy atom. The zero-order chi connectivity index (χ0) is 9.68. The van der Waals surface area contributed by atoms with Gasteiger partial charge in [-0.3, -0.25) is 5.32 Å². The summed E-state index contributed by atoms with van der Waals surface area (Å²) in [7, 11) is 0. The van der Waals surface area contributed by atoms with Gasteiger partial charge in [0.25, 0.3) is 0 Å². The Morgan fingerprint density at radius 3 is 3.00 bits per heavy atom. The maximum atomic E-state index is 11.0. The van der Waals surface area contributed by atoms with Crippen molar-refractivity contribution in [2.75, 3.05) is 11.9 Å². The molecule has 0 heterocycles. The van der Waals surface area contributed by atoms with Gasteiger partial charge >= 0.3 is 6.09 Å². The molecule has 1 amide bonds. The molecule has 1 aromatic carbocycles. The van der Waals surface area contributed by atoms with Crippen LogP contribution in [-0.2, 0) is 4.74 Å². The molecule has 0 aliphatic heterocycles. The summed E-state index contributed by atoms with van der Waals surface area (Å²) >= 11 is 4.14. The molecule has 0 unspecified atom stereocenters. The Labute approximate surface area is 82.5 Å². The SMILES string of the molecule is CCOC(=O)Nc1cccc(S)c1. The number of thiol groups is 1. The van der Waals surface area contributed by atoms with Gasteiger partial charge in [-0.05, 0) is 25.1 Å². The molecule has 0 fully saturated rings. The fourth-order valence-electron chi connectivity index (χ4n) is 0.869. The number of hydrogen-bond donors (Lipinski definition) is 2. The van der Waals surface area contributed by atoms with E-state index in [9.17, 15) is 4.79 Å². The minimum Gasteiger partial charge on any atom is -0.450 e. The van der Waals surface area contributed by atoms with E-state index in [2.05, 4.69) is 17.9 Å². The molecule has 13 heavy (non-hydrogen) atoms. The number of ether oxygens (including phenoxy) is 1. The number of hydrogen-bond acceptors (Lipinski definition) is 3. The fraction of sp³-hybridized carbons (Fsp3) is 0.222. The van der Waals surface area contributed by atoms with Crippen LogP contribution in [0.25, 0.3) is 0 Å². The molecule has 70 valence electrons. The Hall–Kier alpha value is -1.16. The van der Waals surface area contributed by atoms with Crippen LogP contribution in [0.1, 0.15) is 6.92 Å². The van der Waals surface area contributed by atoms with E-state index >= 15 is 0 Å². The lowest BCUT2D eigenvalue weighted by atomic mass is 10.3. The van der Waals surface area contributed by atoms with Gasteiger partial charge in [0.05, 0.1) is 6.61 Å². The number of amides is 1. The molecule has 0 radical (unpaired) electrons. The van der Waals surface area contributed by atoms with Gasteiger partial charge < -0.3 is 4.74 Å². The molecule has 3 nitrogen and oxygen atoms in total. The van der Waals surface area contributed by atoms with Crippen molar-refractivity contribution >= 4 is 24.4 Å². The largest absolute Gasteiger partial charge is 0.450 e. The van der Waals surface area contributed by atoms with Gasteiger partial charge in [0.2, 0.25) is 0 Å². The summed E-state index contributed by atoms with van der Waals surface area (Å²) in [6.07, 6.45) is -0.443. The normalized spacial score (nSPS) is 9.38. The summed E-state index contributed by atoms with van der Waals surface area (Å²) < 4.78 is 4.71. The van der Waals surface area contributed by atoms with E-state index in [0.29, 0.717) is 12.3 Å². The molecule has 0 aromatic heterocycles. The molecule has 0 saturated carbocycles.